The first-order valence-corrected chi connectivity index (χ1v) is 8.61. The van der Waals surface area contributed by atoms with Gasteiger partial charge < -0.3 is 14.8 Å². The first kappa shape index (κ1) is 18.4. The van der Waals surface area contributed by atoms with Crippen molar-refractivity contribution >= 4 is 11.7 Å². The van der Waals surface area contributed by atoms with Crippen LogP contribution in [0.5, 0.6) is 11.5 Å². The fraction of sp³-hybridized carbons (Fsp3) is 0.250. The summed E-state index contributed by atoms with van der Waals surface area (Å²) in [4.78, 5) is 16.5. The number of carbonyl (C=O) groups is 1. The molecule has 0 aliphatic heterocycles. The molecule has 1 amide bonds. The van der Waals surface area contributed by atoms with Gasteiger partial charge >= 0.3 is 0 Å². The quantitative estimate of drug-likeness (QED) is 0.663. The van der Waals surface area contributed by atoms with E-state index >= 15 is 0 Å². The Bertz CT molecular complexity index is 871. The largest absolute Gasteiger partial charge is 0.497 e. The lowest BCUT2D eigenvalue weighted by Gasteiger charge is -2.08. The molecule has 3 rings (SSSR count). The Morgan fingerprint density at radius 3 is 2.56 bits per heavy atom. The summed E-state index contributed by atoms with van der Waals surface area (Å²) in [6.07, 6.45) is 4.48. The Balaban J connectivity index is 1.54. The maximum Gasteiger partial charge on any atom is 0.225 e. The maximum absolute atomic E-state index is 12.2. The number of aromatic nitrogens is 3. The van der Waals surface area contributed by atoms with E-state index in [0.29, 0.717) is 36.7 Å². The number of nitrogens with one attached hydrogen (secondary N) is 1. The summed E-state index contributed by atoms with van der Waals surface area (Å²) >= 11 is 0. The number of nitrogens with zero attached hydrogens (tertiary/aromatic N) is 3. The molecule has 3 aromatic rings. The number of hydrogen-bond donors (Lipinski definition) is 1. The van der Waals surface area contributed by atoms with E-state index in [1.807, 2.05) is 36.5 Å². The SMILES string of the molecule is COc1cc(CCC(=O)Nc2ccn(Cc3ccccn3)n2)cc(OC)c1. The average molecular weight is 366 g/mol. The molecule has 0 fully saturated rings. The number of methoxy groups -OCH3 is 2. The molecule has 0 aliphatic carbocycles. The molecular weight excluding hydrogens is 344 g/mol. The average Bonchev–Trinajstić information content (AvgIpc) is 3.13. The second-order valence-corrected chi connectivity index (χ2v) is 5.99. The van der Waals surface area contributed by atoms with Crippen LogP contribution in [0.2, 0.25) is 0 Å². The third kappa shape index (κ3) is 5.31. The fourth-order valence-corrected chi connectivity index (χ4v) is 2.65. The van der Waals surface area contributed by atoms with Crippen molar-refractivity contribution in [3.8, 4) is 11.5 Å². The molecule has 0 aliphatic rings. The van der Waals surface area contributed by atoms with Crippen LogP contribution in [0.3, 0.4) is 0 Å². The van der Waals surface area contributed by atoms with Gasteiger partial charge in [0.15, 0.2) is 5.82 Å². The summed E-state index contributed by atoms with van der Waals surface area (Å²) in [5.74, 6) is 1.84. The number of hydrogen-bond acceptors (Lipinski definition) is 5. The van der Waals surface area contributed by atoms with Crippen molar-refractivity contribution in [3.05, 3.63) is 66.1 Å². The topological polar surface area (TPSA) is 78.3 Å². The molecule has 0 saturated carbocycles. The van der Waals surface area contributed by atoms with E-state index in [-0.39, 0.29) is 5.91 Å². The molecule has 0 spiro atoms. The van der Waals surface area contributed by atoms with Gasteiger partial charge in [0, 0.05) is 30.9 Å². The molecule has 1 aromatic carbocycles. The van der Waals surface area contributed by atoms with E-state index in [1.165, 1.54) is 0 Å². The zero-order valence-corrected chi connectivity index (χ0v) is 15.4. The molecule has 0 saturated heterocycles. The third-order valence-corrected chi connectivity index (χ3v) is 4.01. The molecule has 1 N–H and O–H groups in total. The highest BCUT2D eigenvalue weighted by Crippen LogP contribution is 2.23. The van der Waals surface area contributed by atoms with Crippen molar-refractivity contribution < 1.29 is 14.3 Å². The summed E-state index contributed by atoms with van der Waals surface area (Å²) in [5, 5.41) is 7.18. The summed E-state index contributed by atoms with van der Waals surface area (Å²) in [6, 6.07) is 13.1. The molecule has 140 valence electrons. The van der Waals surface area contributed by atoms with Crippen LogP contribution in [0, 0.1) is 0 Å². The van der Waals surface area contributed by atoms with Crippen LogP contribution >= 0.6 is 0 Å². The summed E-state index contributed by atoms with van der Waals surface area (Å²) in [7, 11) is 3.21. The Morgan fingerprint density at radius 1 is 1.11 bits per heavy atom. The molecular formula is C20H22N4O3. The molecule has 7 heteroatoms. The molecule has 0 unspecified atom stereocenters. The van der Waals surface area contributed by atoms with Crippen molar-refractivity contribution in [1.29, 1.82) is 0 Å². The lowest BCUT2D eigenvalue weighted by Crippen LogP contribution is -2.13. The lowest BCUT2D eigenvalue weighted by molar-refractivity contribution is -0.116. The first-order chi connectivity index (χ1) is 13.2. The molecule has 7 nitrogen and oxygen atoms in total. The maximum atomic E-state index is 12.2. The van der Waals surface area contributed by atoms with Crippen molar-refractivity contribution in [2.45, 2.75) is 19.4 Å². The highest BCUT2D eigenvalue weighted by molar-refractivity contribution is 5.89. The van der Waals surface area contributed by atoms with Crippen molar-refractivity contribution in [2.75, 3.05) is 19.5 Å². The van der Waals surface area contributed by atoms with Crippen LogP contribution in [0.4, 0.5) is 5.82 Å². The van der Waals surface area contributed by atoms with Crippen molar-refractivity contribution in [1.82, 2.24) is 14.8 Å². The minimum atomic E-state index is -0.0973. The Morgan fingerprint density at radius 2 is 1.89 bits per heavy atom. The van der Waals surface area contributed by atoms with Gasteiger partial charge in [-0.3, -0.25) is 14.5 Å². The minimum Gasteiger partial charge on any atom is -0.497 e. The van der Waals surface area contributed by atoms with E-state index < -0.39 is 0 Å². The highest BCUT2D eigenvalue weighted by atomic mass is 16.5. The number of ether oxygens (including phenoxy) is 2. The van der Waals surface area contributed by atoms with Gasteiger partial charge in [0.2, 0.25) is 5.91 Å². The summed E-state index contributed by atoms with van der Waals surface area (Å²) in [6.45, 7) is 0.556. The monoisotopic (exact) mass is 366 g/mol. The predicted molar refractivity (Wildman–Crippen MR) is 102 cm³/mol. The second-order valence-electron chi connectivity index (χ2n) is 5.99. The van der Waals surface area contributed by atoms with Gasteiger partial charge in [-0.1, -0.05) is 6.07 Å². The zero-order valence-electron chi connectivity index (χ0n) is 15.4. The second kappa shape index (κ2) is 8.84. The molecule has 0 bridgehead atoms. The van der Waals surface area contributed by atoms with Crippen molar-refractivity contribution in [2.24, 2.45) is 0 Å². The van der Waals surface area contributed by atoms with Crippen LogP contribution in [-0.2, 0) is 17.8 Å². The van der Waals surface area contributed by atoms with Crippen LogP contribution < -0.4 is 14.8 Å². The fourth-order valence-electron chi connectivity index (χ4n) is 2.65. The smallest absolute Gasteiger partial charge is 0.225 e. The van der Waals surface area contributed by atoms with Crippen LogP contribution in [0.25, 0.3) is 0 Å². The Hall–Kier alpha value is -3.35. The van der Waals surface area contributed by atoms with Gasteiger partial charge in [-0.2, -0.15) is 5.10 Å². The molecule has 0 atom stereocenters. The van der Waals surface area contributed by atoms with Gasteiger partial charge in [-0.05, 0) is 36.2 Å². The van der Waals surface area contributed by atoms with Crippen molar-refractivity contribution in [3.63, 3.8) is 0 Å². The summed E-state index contributed by atoms with van der Waals surface area (Å²) in [5.41, 5.74) is 1.88. The standard InChI is InChI=1S/C20H22N4O3/c1-26-17-11-15(12-18(13-17)27-2)6-7-20(25)22-19-8-10-24(23-19)14-16-5-3-4-9-21-16/h3-5,8-13H,6-7,14H2,1-2H3,(H,22,23,25). The van der Waals surface area contributed by atoms with Gasteiger partial charge in [-0.15, -0.1) is 0 Å². The molecule has 2 aromatic heterocycles. The van der Waals surface area contributed by atoms with Crippen LogP contribution in [-0.4, -0.2) is 34.9 Å². The number of pyridine rings is 1. The number of aryl methyl sites for hydroxylation is 1. The number of rotatable bonds is 8. The normalized spacial score (nSPS) is 10.4. The van der Waals surface area contributed by atoms with E-state index in [0.717, 1.165) is 11.3 Å². The van der Waals surface area contributed by atoms with Gasteiger partial charge in [0.1, 0.15) is 11.5 Å². The molecule has 0 radical (unpaired) electrons. The molecule has 2 heterocycles. The van der Waals surface area contributed by atoms with Gasteiger partial charge in [0.25, 0.3) is 0 Å². The van der Waals surface area contributed by atoms with E-state index in [9.17, 15) is 4.79 Å². The number of carbonyl (C=O) groups excluding carboxylic acids is 1. The lowest BCUT2D eigenvalue weighted by atomic mass is 10.1. The predicted octanol–water partition coefficient (Wildman–Crippen LogP) is 2.91. The number of anilines is 1. The van der Waals surface area contributed by atoms with Gasteiger partial charge in [-0.25, -0.2) is 0 Å². The minimum absolute atomic E-state index is 0.0973. The molecule has 27 heavy (non-hydrogen) atoms. The zero-order chi connectivity index (χ0) is 19.1. The van der Waals surface area contributed by atoms with E-state index in [2.05, 4.69) is 15.4 Å². The first-order valence-electron chi connectivity index (χ1n) is 8.61. The van der Waals surface area contributed by atoms with Gasteiger partial charge in [0.05, 0.1) is 26.5 Å². The number of amides is 1. The Labute approximate surface area is 158 Å². The van der Waals surface area contributed by atoms with E-state index in [1.54, 1.807) is 37.2 Å². The van der Waals surface area contributed by atoms with Crippen LogP contribution in [0.15, 0.2) is 54.9 Å². The Kier molecular flexibility index (Phi) is 6.04. The third-order valence-electron chi connectivity index (χ3n) is 4.01. The van der Waals surface area contributed by atoms with Crippen LogP contribution in [0.1, 0.15) is 17.7 Å². The summed E-state index contributed by atoms with van der Waals surface area (Å²) < 4.78 is 12.2. The highest BCUT2D eigenvalue weighted by Gasteiger charge is 2.08. The number of benzene rings is 1. The van der Waals surface area contributed by atoms with E-state index in [4.69, 9.17) is 9.47 Å².